The summed E-state index contributed by atoms with van der Waals surface area (Å²) in [6, 6.07) is 0. The number of nitrogens with zero attached hydrogens (tertiary/aromatic N) is 1. The van der Waals surface area contributed by atoms with Crippen LogP contribution in [-0.4, -0.2) is 65.7 Å². The normalized spacial score (nSPS) is 17.9. The standard InChI is InChI=1S/C23H27NO11/c25-16-5-6-17(26)23(16)34-21(30)10-8-19(28)32-12-13-33-20(29)9-11-22(31)35-24-15(4-7-18(24)27)14-2-1-3-14/h23H,1-13H2. The second-order valence-corrected chi connectivity index (χ2v) is 8.30. The van der Waals surface area contributed by atoms with Gasteiger partial charge in [-0.3, -0.25) is 28.8 Å². The fraction of sp³-hybridized carbons (Fsp3) is 0.609. The largest absolute Gasteiger partial charge is 0.462 e. The Morgan fingerprint density at radius 3 is 1.77 bits per heavy atom. The fourth-order valence-electron chi connectivity index (χ4n) is 3.67. The molecule has 3 rings (SSSR count). The van der Waals surface area contributed by atoms with Gasteiger partial charge in [-0.15, -0.1) is 5.06 Å². The van der Waals surface area contributed by atoms with E-state index in [1.54, 1.807) is 0 Å². The molecule has 0 spiro atoms. The minimum atomic E-state index is -1.38. The average Bonchev–Trinajstić information content (AvgIpc) is 3.29. The van der Waals surface area contributed by atoms with Crippen LogP contribution in [0.1, 0.15) is 70.6 Å². The summed E-state index contributed by atoms with van der Waals surface area (Å²) in [7, 11) is 0. The molecule has 0 radical (unpaired) electrons. The van der Waals surface area contributed by atoms with Gasteiger partial charge in [0.15, 0.2) is 11.6 Å². The van der Waals surface area contributed by atoms with Crippen molar-refractivity contribution in [3.05, 3.63) is 11.3 Å². The minimum Gasteiger partial charge on any atom is -0.462 e. The molecule has 12 heteroatoms. The molecule has 3 fully saturated rings. The van der Waals surface area contributed by atoms with Crippen molar-refractivity contribution in [1.29, 1.82) is 0 Å². The Bertz CT molecular complexity index is 929. The topological polar surface area (TPSA) is 160 Å². The third-order valence-electron chi connectivity index (χ3n) is 5.73. The second-order valence-electron chi connectivity index (χ2n) is 8.30. The number of allylic oxidation sites excluding steroid dienone is 2. The molecule has 3 aliphatic rings. The van der Waals surface area contributed by atoms with E-state index in [1.165, 1.54) is 0 Å². The monoisotopic (exact) mass is 493 g/mol. The lowest BCUT2D eigenvalue weighted by Gasteiger charge is -2.24. The van der Waals surface area contributed by atoms with Crippen LogP contribution >= 0.6 is 0 Å². The summed E-state index contributed by atoms with van der Waals surface area (Å²) in [6.07, 6.45) is 1.10. The summed E-state index contributed by atoms with van der Waals surface area (Å²) >= 11 is 0. The van der Waals surface area contributed by atoms with Crippen LogP contribution in [0.5, 0.6) is 0 Å². The molecule has 0 unspecified atom stereocenters. The van der Waals surface area contributed by atoms with E-state index in [2.05, 4.69) is 0 Å². The van der Waals surface area contributed by atoms with Crippen molar-refractivity contribution in [2.45, 2.75) is 76.7 Å². The van der Waals surface area contributed by atoms with E-state index in [0.29, 0.717) is 6.42 Å². The first-order valence-corrected chi connectivity index (χ1v) is 11.6. The lowest BCUT2D eigenvalue weighted by molar-refractivity contribution is -0.187. The average molecular weight is 493 g/mol. The Labute approximate surface area is 200 Å². The van der Waals surface area contributed by atoms with E-state index < -0.39 is 41.5 Å². The maximum absolute atomic E-state index is 12.0. The molecule has 12 nitrogen and oxygen atoms in total. The number of Topliss-reactive ketones (excluding diaryl/α,β-unsaturated/α-hetero) is 2. The number of carbonyl (C=O) groups is 7. The predicted octanol–water partition coefficient (Wildman–Crippen LogP) is 0.996. The molecular weight excluding hydrogens is 466 g/mol. The van der Waals surface area contributed by atoms with Crippen LogP contribution in [0.4, 0.5) is 0 Å². The van der Waals surface area contributed by atoms with Crippen LogP contribution in [0.3, 0.4) is 0 Å². The molecule has 190 valence electrons. The molecule has 1 heterocycles. The van der Waals surface area contributed by atoms with Crippen molar-refractivity contribution >= 4 is 41.4 Å². The number of amides is 1. The van der Waals surface area contributed by atoms with Crippen molar-refractivity contribution in [1.82, 2.24) is 5.06 Å². The highest BCUT2D eigenvalue weighted by Crippen LogP contribution is 2.36. The SMILES string of the molecule is O=C(CCC(=O)OC1C(=O)CCC1=O)OCCOC(=O)CCC(=O)ON1C(=O)CCC1=C1CCC1. The van der Waals surface area contributed by atoms with Gasteiger partial charge in [-0.1, -0.05) is 0 Å². The maximum Gasteiger partial charge on any atom is 0.333 e. The van der Waals surface area contributed by atoms with Gasteiger partial charge in [-0.05, 0) is 24.8 Å². The van der Waals surface area contributed by atoms with Crippen LogP contribution in [0.25, 0.3) is 0 Å². The third kappa shape index (κ3) is 7.46. The first-order valence-electron chi connectivity index (χ1n) is 11.6. The third-order valence-corrected chi connectivity index (χ3v) is 5.73. The first kappa shape index (κ1) is 26.0. The number of ketones is 2. The first-order chi connectivity index (χ1) is 16.7. The molecule has 0 aromatic rings. The molecule has 2 aliphatic carbocycles. The molecule has 1 amide bonds. The molecule has 0 bridgehead atoms. The summed E-state index contributed by atoms with van der Waals surface area (Å²) in [6.45, 7) is -0.515. The van der Waals surface area contributed by atoms with Crippen molar-refractivity contribution in [2.24, 2.45) is 0 Å². The smallest absolute Gasteiger partial charge is 0.333 e. The lowest BCUT2D eigenvalue weighted by Crippen LogP contribution is -2.29. The number of hydroxylamine groups is 2. The zero-order valence-electron chi connectivity index (χ0n) is 19.2. The number of hydrogen-bond acceptors (Lipinski definition) is 11. The number of esters is 3. The number of hydrogen-bond donors (Lipinski definition) is 0. The van der Waals surface area contributed by atoms with E-state index in [4.69, 9.17) is 19.0 Å². The molecule has 2 saturated carbocycles. The highest BCUT2D eigenvalue weighted by atomic mass is 16.7. The van der Waals surface area contributed by atoms with Gasteiger partial charge in [0, 0.05) is 25.7 Å². The van der Waals surface area contributed by atoms with Crippen molar-refractivity contribution in [3.8, 4) is 0 Å². The Morgan fingerprint density at radius 1 is 0.686 bits per heavy atom. The van der Waals surface area contributed by atoms with Crippen LogP contribution in [0, 0.1) is 0 Å². The molecular formula is C23H27NO11. The van der Waals surface area contributed by atoms with Gasteiger partial charge in [0.25, 0.3) is 5.91 Å². The van der Waals surface area contributed by atoms with Gasteiger partial charge in [-0.2, -0.15) is 0 Å². The molecule has 35 heavy (non-hydrogen) atoms. The van der Waals surface area contributed by atoms with E-state index in [-0.39, 0.29) is 64.1 Å². The highest BCUT2D eigenvalue weighted by molar-refractivity contribution is 6.12. The molecule has 0 aromatic heterocycles. The zero-order valence-corrected chi connectivity index (χ0v) is 19.2. The van der Waals surface area contributed by atoms with Gasteiger partial charge < -0.3 is 19.0 Å². The van der Waals surface area contributed by atoms with Crippen LogP contribution in [0.15, 0.2) is 11.3 Å². The van der Waals surface area contributed by atoms with Gasteiger partial charge in [-0.25, -0.2) is 4.79 Å². The molecule has 1 saturated heterocycles. The van der Waals surface area contributed by atoms with Gasteiger partial charge in [0.05, 0.1) is 31.4 Å². The van der Waals surface area contributed by atoms with E-state index in [9.17, 15) is 33.6 Å². The minimum absolute atomic E-state index is 0.0377. The molecule has 0 aromatic carbocycles. The summed E-state index contributed by atoms with van der Waals surface area (Å²) in [5.74, 6) is -4.25. The highest BCUT2D eigenvalue weighted by Gasteiger charge is 2.36. The van der Waals surface area contributed by atoms with Crippen LogP contribution in [-0.2, 0) is 52.6 Å². The van der Waals surface area contributed by atoms with Crippen LogP contribution in [0.2, 0.25) is 0 Å². The van der Waals surface area contributed by atoms with Gasteiger partial charge in [0.2, 0.25) is 6.10 Å². The Balaban J connectivity index is 1.24. The van der Waals surface area contributed by atoms with Gasteiger partial charge in [0.1, 0.15) is 13.2 Å². The van der Waals surface area contributed by atoms with Crippen molar-refractivity contribution in [2.75, 3.05) is 13.2 Å². The van der Waals surface area contributed by atoms with E-state index >= 15 is 0 Å². The number of rotatable bonds is 11. The fourth-order valence-corrected chi connectivity index (χ4v) is 3.67. The Morgan fingerprint density at radius 2 is 1.23 bits per heavy atom. The molecule has 1 aliphatic heterocycles. The van der Waals surface area contributed by atoms with Gasteiger partial charge >= 0.3 is 23.9 Å². The summed E-state index contributed by atoms with van der Waals surface area (Å²) < 4.78 is 14.5. The quantitative estimate of drug-likeness (QED) is 0.175. The van der Waals surface area contributed by atoms with Crippen molar-refractivity contribution in [3.63, 3.8) is 0 Å². The van der Waals surface area contributed by atoms with Crippen LogP contribution < -0.4 is 0 Å². The molecule has 0 N–H and O–H groups in total. The summed E-state index contributed by atoms with van der Waals surface area (Å²) in [4.78, 5) is 87.1. The zero-order chi connectivity index (χ0) is 25.4. The molecule has 0 atom stereocenters. The summed E-state index contributed by atoms with van der Waals surface area (Å²) in [5, 5.41) is 1.04. The second kappa shape index (κ2) is 12.2. The summed E-state index contributed by atoms with van der Waals surface area (Å²) in [5.41, 5.74) is 1.86. The Hall–Kier alpha value is -3.57. The number of carbonyl (C=O) groups excluding carboxylic acids is 7. The predicted molar refractivity (Wildman–Crippen MR) is 113 cm³/mol. The maximum atomic E-state index is 12.0. The van der Waals surface area contributed by atoms with E-state index in [0.717, 1.165) is 35.6 Å². The van der Waals surface area contributed by atoms with E-state index in [1.807, 2.05) is 0 Å². The number of ether oxygens (including phenoxy) is 3. The lowest BCUT2D eigenvalue weighted by atomic mass is 9.90. The Kier molecular flexibility index (Phi) is 9.10. The van der Waals surface area contributed by atoms with Crippen molar-refractivity contribution < 1.29 is 52.6 Å².